The number of hydrogen-bond donors (Lipinski definition) is 1. The standard InChI is InChI=1S/C12H21NO/c1-8-2-4-11(8)13-7-9-6-10-3-5-12(9)14-10/h8-13H,2-7H2,1H3. The Balaban J connectivity index is 1.45. The van der Waals surface area contributed by atoms with Crippen molar-refractivity contribution in [1.82, 2.24) is 5.32 Å². The van der Waals surface area contributed by atoms with E-state index in [0.717, 1.165) is 17.9 Å². The molecule has 2 aliphatic heterocycles. The molecule has 1 N–H and O–H groups in total. The smallest absolute Gasteiger partial charge is 0.0621 e. The average Bonchev–Trinajstić information content (AvgIpc) is 2.77. The molecule has 5 atom stereocenters. The third-order valence-electron chi connectivity index (χ3n) is 4.49. The largest absolute Gasteiger partial charge is 0.375 e. The highest BCUT2D eigenvalue weighted by molar-refractivity contribution is 4.92. The third kappa shape index (κ3) is 1.49. The monoisotopic (exact) mass is 195 g/mol. The SMILES string of the molecule is CC1CCC1NCC1CC2CCC1O2. The molecule has 14 heavy (non-hydrogen) atoms. The van der Waals surface area contributed by atoms with Gasteiger partial charge in [-0.3, -0.25) is 0 Å². The van der Waals surface area contributed by atoms with Crippen LogP contribution in [0.4, 0.5) is 0 Å². The maximum absolute atomic E-state index is 5.86. The minimum atomic E-state index is 0.600. The van der Waals surface area contributed by atoms with Gasteiger partial charge in [-0.2, -0.15) is 0 Å². The van der Waals surface area contributed by atoms with E-state index in [1.165, 1.54) is 38.6 Å². The van der Waals surface area contributed by atoms with Crippen LogP contribution in [0.25, 0.3) is 0 Å². The fraction of sp³-hybridized carbons (Fsp3) is 1.00. The summed E-state index contributed by atoms with van der Waals surface area (Å²) in [5.41, 5.74) is 0. The van der Waals surface area contributed by atoms with E-state index in [9.17, 15) is 0 Å². The van der Waals surface area contributed by atoms with E-state index in [1.54, 1.807) is 0 Å². The van der Waals surface area contributed by atoms with Crippen molar-refractivity contribution in [3.8, 4) is 0 Å². The van der Waals surface area contributed by atoms with Gasteiger partial charge in [-0.25, -0.2) is 0 Å². The molecule has 2 nitrogen and oxygen atoms in total. The van der Waals surface area contributed by atoms with Crippen molar-refractivity contribution in [2.75, 3.05) is 6.54 Å². The van der Waals surface area contributed by atoms with E-state index in [4.69, 9.17) is 4.74 Å². The van der Waals surface area contributed by atoms with E-state index >= 15 is 0 Å². The first-order valence-corrected chi connectivity index (χ1v) is 6.22. The molecule has 0 aromatic heterocycles. The molecule has 80 valence electrons. The minimum absolute atomic E-state index is 0.600. The van der Waals surface area contributed by atoms with Crippen LogP contribution in [-0.2, 0) is 4.74 Å². The first-order valence-electron chi connectivity index (χ1n) is 6.22. The van der Waals surface area contributed by atoms with Crippen molar-refractivity contribution in [1.29, 1.82) is 0 Å². The Morgan fingerprint density at radius 1 is 1.21 bits per heavy atom. The number of nitrogens with one attached hydrogen (secondary N) is 1. The summed E-state index contributed by atoms with van der Waals surface area (Å²) in [7, 11) is 0. The van der Waals surface area contributed by atoms with E-state index < -0.39 is 0 Å². The summed E-state index contributed by atoms with van der Waals surface area (Å²) in [5, 5.41) is 3.72. The molecule has 2 heteroatoms. The molecule has 2 bridgehead atoms. The zero-order valence-electron chi connectivity index (χ0n) is 9.04. The molecular weight excluding hydrogens is 174 g/mol. The van der Waals surface area contributed by atoms with Crippen molar-refractivity contribution in [3.05, 3.63) is 0 Å². The van der Waals surface area contributed by atoms with Crippen LogP contribution in [0.5, 0.6) is 0 Å². The lowest BCUT2D eigenvalue weighted by Crippen LogP contribution is -2.45. The van der Waals surface area contributed by atoms with Crippen LogP contribution in [0.15, 0.2) is 0 Å². The van der Waals surface area contributed by atoms with Crippen molar-refractivity contribution in [2.24, 2.45) is 11.8 Å². The normalized spacial score (nSPS) is 50.8. The second-order valence-corrected chi connectivity index (χ2v) is 5.44. The number of ether oxygens (including phenoxy) is 1. The summed E-state index contributed by atoms with van der Waals surface area (Å²) in [4.78, 5) is 0. The molecule has 0 aromatic carbocycles. The summed E-state index contributed by atoms with van der Waals surface area (Å²) in [6.45, 7) is 3.56. The molecule has 1 aliphatic carbocycles. The number of hydrogen-bond acceptors (Lipinski definition) is 2. The summed E-state index contributed by atoms with van der Waals surface area (Å²) < 4.78 is 5.86. The molecule has 3 aliphatic rings. The van der Waals surface area contributed by atoms with E-state index in [-0.39, 0.29) is 0 Å². The molecule has 0 aromatic rings. The van der Waals surface area contributed by atoms with Crippen molar-refractivity contribution in [3.63, 3.8) is 0 Å². The van der Waals surface area contributed by atoms with Crippen LogP contribution < -0.4 is 5.32 Å². The van der Waals surface area contributed by atoms with Gasteiger partial charge in [0.2, 0.25) is 0 Å². The highest BCUT2D eigenvalue weighted by Gasteiger charge is 2.40. The first-order chi connectivity index (χ1) is 6.83. The fourth-order valence-electron chi connectivity index (χ4n) is 3.23. The van der Waals surface area contributed by atoms with Crippen LogP contribution in [0.3, 0.4) is 0 Å². The lowest BCUT2D eigenvalue weighted by Gasteiger charge is -2.36. The van der Waals surface area contributed by atoms with Gasteiger partial charge in [0.05, 0.1) is 12.2 Å². The van der Waals surface area contributed by atoms with Gasteiger partial charge in [-0.15, -0.1) is 0 Å². The fourth-order valence-corrected chi connectivity index (χ4v) is 3.23. The molecule has 3 fully saturated rings. The first kappa shape index (κ1) is 9.17. The summed E-state index contributed by atoms with van der Waals surface area (Å²) in [6.07, 6.45) is 7.98. The molecular formula is C12H21NO. The van der Waals surface area contributed by atoms with Crippen LogP contribution >= 0.6 is 0 Å². The third-order valence-corrected chi connectivity index (χ3v) is 4.49. The summed E-state index contributed by atoms with van der Waals surface area (Å²) in [6, 6.07) is 0.814. The highest BCUT2D eigenvalue weighted by atomic mass is 16.5. The molecule has 3 rings (SSSR count). The molecule has 1 saturated carbocycles. The van der Waals surface area contributed by atoms with Crippen LogP contribution in [-0.4, -0.2) is 24.8 Å². The maximum Gasteiger partial charge on any atom is 0.0621 e. The topological polar surface area (TPSA) is 21.3 Å². The predicted octanol–water partition coefficient (Wildman–Crippen LogP) is 1.94. The lowest BCUT2D eigenvalue weighted by molar-refractivity contribution is 0.0902. The summed E-state index contributed by atoms with van der Waals surface area (Å²) >= 11 is 0. The highest BCUT2D eigenvalue weighted by Crippen LogP contribution is 2.38. The molecule has 0 spiro atoms. The Bertz CT molecular complexity index is 218. The van der Waals surface area contributed by atoms with Crippen LogP contribution in [0, 0.1) is 11.8 Å². The van der Waals surface area contributed by atoms with Gasteiger partial charge in [0.15, 0.2) is 0 Å². The Morgan fingerprint density at radius 2 is 2.14 bits per heavy atom. The van der Waals surface area contributed by atoms with Gasteiger partial charge in [-0.05, 0) is 38.0 Å². The number of rotatable bonds is 3. The molecule has 2 saturated heterocycles. The van der Waals surface area contributed by atoms with Gasteiger partial charge in [0, 0.05) is 18.5 Å². The van der Waals surface area contributed by atoms with Crippen molar-refractivity contribution < 1.29 is 4.74 Å². The van der Waals surface area contributed by atoms with Crippen molar-refractivity contribution >= 4 is 0 Å². The second-order valence-electron chi connectivity index (χ2n) is 5.44. The molecule has 0 radical (unpaired) electrons. The van der Waals surface area contributed by atoms with Gasteiger partial charge in [0.25, 0.3) is 0 Å². The Hall–Kier alpha value is -0.0800. The van der Waals surface area contributed by atoms with E-state index in [0.29, 0.717) is 12.2 Å². The van der Waals surface area contributed by atoms with Gasteiger partial charge in [-0.1, -0.05) is 6.92 Å². The second kappa shape index (κ2) is 3.49. The minimum Gasteiger partial charge on any atom is -0.375 e. The quantitative estimate of drug-likeness (QED) is 0.743. The molecule has 0 amide bonds. The van der Waals surface area contributed by atoms with Gasteiger partial charge < -0.3 is 10.1 Å². The molecule has 2 heterocycles. The van der Waals surface area contributed by atoms with Gasteiger partial charge in [0.1, 0.15) is 0 Å². The zero-order valence-corrected chi connectivity index (χ0v) is 9.04. The Kier molecular flexibility index (Phi) is 2.29. The lowest BCUT2D eigenvalue weighted by atomic mass is 9.80. The van der Waals surface area contributed by atoms with E-state index in [2.05, 4.69) is 12.2 Å². The maximum atomic E-state index is 5.86. The Labute approximate surface area is 86.4 Å². The van der Waals surface area contributed by atoms with Crippen molar-refractivity contribution in [2.45, 2.75) is 57.3 Å². The van der Waals surface area contributed by atoms with Crippen LogP contribution in [0.1, 0.15) is 39.0 Å². The van der Waals surface area contributed by atoms with Crippen LogP contribution in [0.2, 0.25) is 0 Å². The Morgan fingerprint density at radius 3 is 2.64 bits per heavy atom. The van der Waals surface area contributed by atoms with E-state index in [1.807, 2.05) is 0 Å². The average molecular weight is 195 g/mol. The van der Waals surface area contributed by atoms with Gasteiger partial charge >= 0.3 is 0 Å². The zero-order chi connectivity index (χ0) is 9.54. The predicted molar refractivity (Wildman–Crippen MR) is 56.2 cm³/mol. The number of fused-ring (bicyclic) bond motifs is 2. The molecule has 5 unspecified atom stereocenters. The summed E-state index contributed by atoms with van der Waals surface area (Å²) in [5.74, 6) is 1.73.